The Morgan fingerprint density at radius 1 is 1.02 bits per heavy atom. The number of halogens is 3. The van der Waals surface area contributed by atoms with Crippen molar-refractivity contribution < 1.29 is 14.0 Å². The van der Waals surface area contributed by atoms with E-state index in [9.17, 15) is 9.59 Å². The van der Waals surface area contributed by atoms with Crippen LogP contribution in [-0.2, 0) is 21.5 Å². The van der Waals surface area contributed by atoms with Crippen molar-refractivity contribution in [3.05, 3.63) is 93.2 Å². The number of hydrogen-bond donors (Lipinski definition) is 4. The number of carbonyl (C=O) groups is 2. The van der Waals surface area contributed by atoms with E-state index in [0.717, 1.165) is 49.9 Å². The summed E-state index contributed by atoms with van der Waals surface area (Å²) in [6.45, 7) is 8.31. The monoisotopic (exact) mass is 650 g/mol. The largest absolute Gasteiger partial charge is 0.325 e. The van der Waals surface area contributed by atoms with Crippen molar-refractivity contribution in [1.82, 2.24) is 10.6 Å². The lowest BCUT2D eigenvalue weighted by molar-refractivity contribution is -0.124. The van der Waals surface area contributed by atoms with Crippen LogP contribution in [0.4, 0.5) is 15.8 Å². The Bertz CT molecular complexity index is 1600. The van der Waals surface area contributed by atoms with E-state index in [-0.39, 0.29) is 27.8 Å². The first-order valence-corrected chi connectivity index (χ1v) is 16.7. The van der Waals surface area contributed by atoms with Gasteiger partial charge in [0.1, 0.15) is 11.2 Å². The van der Waals surface area contributed by atoms with Crippen LogP contribution in [0.25, 0.3) is 0 Å². The molecule has 0 radical (unpaired) electrons. The van der Waals surface area contributed by atoms with E-state index in [1.807, 2.05) is 30.3 Å². The quantitative estimate of drug-likeness (QED) is 0.187. The van der Waals surface area contributed by atoms with Crippen molar-refractivity contribution >= 4 is 46.4 Å². The second-order valence-corrected chi connectivity index (χ2v) is 14.5. The molecule has 1 aliphatic carbocycles. The molecule has 4 N–H and O–H groups in total. The Morgan fingerprint density at radius 2 is 1.76 bits per heavy atom. The number of hydrogen-bond acceptors (Lipinski definition) is 4. The van der Waals surface area contributed by atoms with E-state index < -0.39 is 28.7 Å². The Hall–Kier alpha value is -2.97. The van der Waals surface area contributed by atoms with Gasteiger partial charge in [-0.3, -0.25) is 14.9 Å². The molecule has 2 fully saturated rings. The number of nitrogens with one attached hydrogen (secondary N) is 4. The highest BCUT2D eigenvalue weighted by Crippen LogP contribution is 2.64. The van der Waals surface area contributed by atoms with Crippen molar-refractivity contribution in [1.29, 1.82) is 0 Å². The van der Waals surface area contributed by atoms with Gasteiger partial charge in [0.05, 0.1) is 11.1 Å². The summed E-state index contributed by atoms with van der Waals surface area (Å²) in [5.41, 5.74) is 1.26. The van der Waals surface area contributed by atoms with E-state index in [4.69, 9.17) is 23.2 Å². The Morgan fingerprint density at radius 3 is 2.47 bits per heavy atom. The van der Waals surface area contributed by atoms with Crippen molar-refractivity contribution in [2.75, 3.05) is 17.2 Å². The molecule has 6 nitrogen and oxygen atoms in total. The fourth-order valence-electron chi connectivity index (χ4n) is 7.88. The van der Waals surface area contributed by atoms with Crippen molar-refractivity contribution in [2.24, 2.45) is 5.41 Å². The fourth-order valence-corrected chi connectivity index (χ4v) is 8.23. The molecule has 0 aromatic heterocycles. The maximum atomic E-state index is 16.1. The molecule has 238 valence electrons. The van der Waals surface area contributed by atoms with Gasteiger partial charge in [-0.05, 0) is 91.1 Å². The average molecular weight is 652 g/mol. The number of unbranched alkanes of at least 4 members (excludes halogenated alkanes) is 1. The molecular weight excluding hydrogens is 610 g/mol. The smallest absolute Gasteiger partial charge is 0.242 e. The molecular formula is C36H41Cl2FN4O2. The predicted molar refractivity (Wildman–Crippen MR) is 180 cm³/mol. The molecule has 3 aliphatic rings. The highest BCUT2D eigenvalue weighted by molar-refractivity contribution is 6.31. The Balaban J connectivity index is 1.44. The summed E-state index contributed by atoms with van der Waals surface area (Å²) in [6, 6.07) is 17.0. The van der Waals surface area contributed by atoms with Gasteiger partial charge in [-0.2, -0.15) is 0 Å². The molecule has 3 atom stereocenters. The zero-order valence-corrected chi connectivity index (χ0v) is 27.5. The third-order valence-corrected chi connectivity index (χ3v) is 10.8. The fraction of sp³-hybridized carbons (Fsp3) is 0.444. The van der Waals surface area contributed by atoms with Gasteiger partial charge in [0.2, 0.25) is 11.8 Å². The van der Waals surface area contributed by atoms with Gasteiger partial charge in [0, 0.05) is 34.4 Å². The van der Waals surface area contributed by atoms with E-state index in [0.29, 0.717) is 29.2 Å². The molecule has 45 heavy (non-hydrogen) atoms. The van der Waals surface area contributed by atoms with Crippen LogP contribution >= 0.6 is 23.2 Å². The molecule has 6 rings (SSSR count). The van der Waals surface area contributed by atoms with Crippen LogP contribution in [0.3, 0.4) is 0 Å². The number of anilines is 2. The molecule has 3 aromatic rings. The van der Waals surface area contributed by atoms with Crippen LogP contribution in [0, 0.1) is 11.2 Å². The molecule has 2 heterocycles. The third kappa shape index (κ3) is 5.56. The van der Waals surface area contributed by atoms with Crippen LogP contribution in [0.15, 0.2) is 60.7 Å². The van der Waals surface area contributed by atoms with Crippen LogP contribution in [0.2, 0.25) is 10.0 Å². The summed E-state index contributed by atoms with van der Waals surface area (Å²) in [5, 5.41) is 13.7. The number of rotatable bonds is 8. The van der Waals surface area contributed by atoms with Gasteiger partial charge in [-0.25, -0.2) is 4.39 Å². The SMILES string of the molecule is CCCCNCc1ccc(NC(=O)[C@@H]2NC3(CCC(C)(C)CC3)[C@@]3(C(=O)Nc4cc(Cl)ccc43)[C@H]2c2cccc(Cl)c2F)cc1. The first-order valence-electron chi connectivity index (χ1n) is 15.9. The van der Waals surface area contributed by atoms with Crippen molar-refractivity contribution in [3.63, 3.8) is 0 Å². The summed E-state index contributed by atoms with van der Waals surface area (Å²) in [6.07, 6.45) is 5.20. The summed E-state index contributed by atoms with van der Waals surface area (Å²) >= 11 is 12.8. The van der Waals surface area contributed by atoms with E-state index in [1.165, 1.54) is 6.07 Å². The summed E-state index contributed by atoms with van der Waals surface area (Å²) in [5.74, 6) is -2.09. The second-order valence-electron chi connectivity index (χ2n) is 13.7. The summed E-state index contributed by atoms with van der Waals surface area (Å²) in [4.78, 5) is 29.0. The maximum absolute atomic E-state index is 16.1. The lowest BCUT2D eigenvalue weighted by atomic mass is 9.53. The highest BCUT2D eigenvalue weighted by atomic mass is 35.5. The standard InChI is InChI=1S/C36H41Cl2FN4O2/c1-4-5-19-40-21-22-9-12-24(13-10-22)41-32(44)31-29(25-7-6-8-27(38)30(25)39)36(35(43-31)17-15-34(2,3)16-18-35)26-14-11-23(37)20-28(26)42-33(36)45/h6-14,20,29,31,40,43H,4-5,15-19,21H2,1-3H3,(H,41,44)(H,42,45)/t29-,31+,36+/m0/s1. The number of benzene rings is 3. The molecule has 3 aromatic carbocycles. The van der Waals surface area contributed by atoms with E-state index in [1.54, 1.807) is 24.3 Å². The predicted octanol–water partition coefficient (Wildman–Crippen LogP) is 7.95. The van der Waals surface area contributed by atoms with Crippen molar-refractivity contribution in [3.8, 4) is 0 Å². The van der Waals surface area contributed by atoms with Gasteiger partial charge < -0.3 is 16.0 Å². The minimum atomic E-state index is -1.29. The maximum Gasteiger partial charge on any atom is 0.242 e. The van der Waals surface area contributed by atoms with Gasteiger partial charge in [-0.15, -0.1) is 0 Å². The Labute approximate surface area is 274 Å². The first kappa shape index (κ1) is 32.0. The minimum Gasteiger partial charge on any atom is -0.325 e. The molecule has 1 saturated heterocycles. The van der Waals surface area contributed by atoms with Gasteiger partial charge in [0.25, 0.3) is 0 Å². The minimum absolute atomic E-state index is 0.0506. The molecule has 0 unspecified atom stereocenters. The van der Waals surface area contributed by atoms with Gasteiger partial charge in [0.15, 0.2) is 0 Å². The number of amides is 2. The number of carbonyl (C=O) groups excluding carboxylic acids is 2. The van der Waals surface area contributed by atoms with Gasteiger partial charge in [-0.1, -0.05) is 80.7 Å². The second kappa shape index (κ2) is 12.3. The zero-order valence-electron chi connectivity index (χ0n) is 26.0. The summed E-state index contributed by atoms with van der Waals surface area (Å²) in [7, 11) is 0. The van der Waals surface area contributed by atoms with E-state index >= 15 is 4.39 Å². The van der Waals surface area contributed by atoms with Crippen molar-refractivity contribution in [2.45, 2.75) is 88.8 Å². The molecule has 2 aliphatic heterocycles. The first-order chi connectivity index (χ1) is 21.5. The Kier molecular flexibility index (Phi) is 8.76. The molecule has 2 spiro atoms. The van der Waals surface area contributed by atoms with Crippen LogP contribution < -0.4 is 21.3 Å². The lowest BCUT2D eigenvalue weighted by Crippen LogP contribution is -2.61. The highest BCUT2D eigenvalue weighted by Gasteiger charge is 2.73. The van der Waals surface area contributed by atoms with Crippen LogP contribution in [-0.4, -0.2) is 29.9 Å². The molecule has 1 saturated carbocycles. The average Bonchev–Trinajstić information content (AvgIpc) is 3.47. The molecule has 9 heteroatoms. The van der Waals surface area contributed by atoms with Crippen LogP contribution in [0.1, 0.15) is 81.9 Å². The summed E-state index contributed by atoms with van der Waals surface area (Å²) < 4.78 is 16.1. The normalized spacial score (nSPS) is 24.5. The zero-order chi connectivity index (χ0) is 32.0. The van der Waals surface area contributed by atoms with Crippen LogP contribution in [0.5, 0.6) is 0 Å². The molecule has 2 amide bonds. The van der Waals surface area contributed by atoms with Gasteiger partial charge >= 0.3 is 0 Å². The van der Waals surface area contributed by atoms with E-state index in [2.05, 4.69) is 42.0 Å². The molecule has 0 bridgehead atoms. The lowest BCUT2D eigenvalue weighted by Gasteiger charge is -2.50. The topological polar surface area (TPSA) is 82.3 Å². The third-order valence-electron chi connectivity index (χ3n) is 10.3. The number of fused-ring (bicyclic) bond motifs is 3.